The van der Waals surface area contributed by atoms with Crippen molar-refractivity contribution >= 4 is 35.3 Å². The summed E-state index contributed by atoms with van der Waals surface area (Å²) in [6.07, 6.45) is 1.92. The van der Waals surface area contributed by atoms with Crippen LogP contribution in [-0.2, 0) is 6.54 Å². The molecule has 0 aliphatic heterocycles. The highest BCUT2D eigenvalue weighted by atomic mass is 35.5. The van der Waals surface area contributed by atoms with Crippen molar-refractivity contribution in [3.05, 3.63) is 83.9 Å². The summed E-state index contributed by atoms with van der Waals surface area (Å²) in [4.78, 5) is 14.8. The van der Waals surface area contributed by atoms with Gasteiger partial charge in [-0.05, 0) is 47.7 Å². The molecule has 134 valence electrons. The molecule has 26 heavy (non-hydrogen) atoms. The van der Waals surface area contributed by atoms with Crippen molar-refractivity contribution in [1.29, 1.82) is 5.41 Å². The minimum absolute atomic E-state index is 0. The van der Waals surface area contributed by atoms with Gasteiger partial charge in [0.25, 0.3) is 5.91 Å². The lowest BCUT2D eigenvalue weighted by atomic mass is 10.0. The molecule has 0 saturated heterocycles. The maximum atomic E-state index is 13.0. The summed E-state index contributed by atoms with van der Waals surface area (Å²) in [7, 11) is 0. The fourth-order valence-electron chi connectivity index (χ4n) is 3.01. The van der Waals surface area contributed by atoms with E-state index in [1.54, 1.807) is 0 Å². The molecule has 0 spiro atoms. The van der Waals surface area contributed by atoms with Gasteiger partial charge in [0.1, 0.15) is 0 Å². The normalized spacial score (nSPS) is 11.4. The van der Waals surface area contributed by atoms with Gasteiger partial charge in [-0.2, -0.15) is 0 Å². The van der Waals surface area contributed by atoms with Crippen LogP contribution in [0.3, 0.4) is 0 Å². The number of amides is 1. The van der Waals surface area contributed by atoms with Gasteiger partial charge >= 0.3 is 0 Å². The molecule has 3 aromatic carbocycles. The van der Waals surface area contributed by atoms with Gasteiger partial charge in [0, 0.05) is 24.6 Å². The Kier molecular flexibility index (Phi) is 6.93. The molecule has 0 radical (unpaired) electrons. The molecular weight excluding hydrogens is 344 g/mol. The van der Waals surface area contributed by atoms with E-state index in [1.807, 2.05) is 54.3 Å². The van der Waals surface area contributed by atoms with Crippen LogP contribution in [0.2, 0.25) is 0 Å². The third-order valence-electron chi connectivity index (χ3n) is 4.44. The SMILES string of the molecule is C[C@H](CC=N)N(Cc1ccc2ccccc2c1)C(=O)c1ccccc1.Cl. The molecule has 0 aromatic heterocycles. The lowest BCUT2D eigenvalue weighted by molar-refractivity contribution is 0.0682. The first-order valence-corrected chi connectivity index (χ1v) is 8.51. The smallest absolute Gasteiger partial charge is 0.254 e. The molecule has 3 rings (SSSR count). The van der Waals surface area contributed by atoms with E-state index >= 15 is 0 Å². The summed E-state index contributed by atoms with van der Waals surface area (Å²) in [5.41, 5.74) is 1.78. The second-order valence-electron chi connectivity index (χ2n) is 6.27. The van der Waals surface area contributed by atoms with E-state index in [0.717, 1.165) is 5.56 Å². The van der Waals surface area contributed by atoms with Gasteiger partial charge in [0.2, 0.25) is 0 Å². The van der Waals surface area contributed by atoms with Crippen LogP contribution in [0.4, 0.5) is 0 Å². The van der Waals surface area contributed by atoms with E-state index in [2.05, 4.69) is 30.3 Å². The number of fused-ring (bicyclic) bond motifs is 1. The number of rotatable bonds is 6. The number of hydrogen-bond acceptors (Lipinski definition) is 2. The standard InChI is InChI=1S/C22H22N2O.ClH/c1-17(13-14-23)24(22(25)20-8-3-2-4-9-20)16-18-11-12-19-7-5-6-10-21(19)15-18;/h2-12,14-15,17,23H,13,16H2,1H3;1H/t17-;/m1./s1. The highest BCUT2D eigenvalue weighted by Crippen LogP contribution is 2.19. The molecule has 0 aliphatic carbocycles. The van der Waals surface area contributed by atoms with E-state index < -0.39 is 0 Å². The quantitative estimate of drug-likeness (QED) is 0.588. The highest BCUT2D eigenvalue weighted by Gasteiger charge is 2.21. The lowest BCUT2D eigenvalue weighted by Crippen LogP contribution is -2.38. The summed E-state index contributed by atoms with van der Waals surface area (Å²) in [5.74, 6) is 0.00288. The zero-order valence-electron chi connectivity index (χ0n) is 14.8. The Bertz CT molecular complexity index is 879. The molecule has 0 aliphatic rings. The van der Waals surface area contributed by atoms with Crippen LogP contribution in [0.25, 0.3) is 10.8 Å². The Hall–Kier alpha value is -2.65. The Balaban J connectivity index is 0.00000243. The summed E-state index contributed by atoms with van der Waals surface area (Å²) in [6, 6.07) is 23.8. The third kappa shape index (κ3) is 4.50. The molecule has 0 bridgehead atoms. The average Bonchev–Trinajstić information content (AvgIpc) is 2.66. The van der Waals surface area contributed by atoms with Crippen molar-refractivity contribution in [3.63, 3.8) is 0 Å². The van der Waals surface area contributed by atoms with Crippen LogP contribution in [0.1, 0.15) is 29.3 Å². The van der Waals surface area contributed by atoms with Crippen molar-refractivity contribution in [2.45, 2.75) is 25.9 Å². The van der Waals surface area contributed by atoms with E-state index in [0.29, 0.717) is 18.5 Å². The van der Waals surface area contributed by atoms with E-state index in [-0.39, 0.29) is 24.4 Å². The number of nitrogens with one attached hydrogen (secondary N) is 1. The maximum absolute atomic E-state index is 13.0. The average molecular weight is 367 g/mol. The van der Waals surface area contributed by atoms with Crippen molar-refractivity contribution in [3.8, 4) is 0 Å². The molecule has 0 fully saturated rings. The largest absolute Gasteiger partial charge is 0.331 e. The van der Waals surface area contributed by atoms with Crippen LogP contribution in [0, 0.1) is 5.41 Å². The first kappa shape index (κ1) is 19.7. The molecule has 1 amide bonds. The first-order valence-electron chi connectivity index (χ1n) is 8.51. The number of nitrogens with zero attached hydrogens (tertiary/aromatic N) is 1. The van der Waals surface area contributed by atoms with Crippen molar-refractivity contribution in [1.82, 2.24) is 4.90 Å². The number of hydrogen-bond donors (Lipinski definition) is 1. The summed E-state index contributed by atoms with van der Waals surface area (Å²) in [5, 5.41) is 9.76. The van der Waals surface area contributed by atoms with E-state index in [4.69, 9.17) is 5.41 Å². The van der Waals surface area contributed by atoms with Crippen LogP contribution >= 0.6 is 12.4 Å². The number of carbonyl (C=O) groups is 1. The topological polar surface area (TPSA) is 44.2 Å². The minimum Gasteiger partial charge on any atom is -0.331 e. The number of halogens is 1. The van der Waals surface area contributed by atoms with Gasteiger partial charge in [0.15, 0.2) is 0 Å². The Morgan fingerprint density at radius 1 is 1.00 bits per heavy atom. The maximum Gasteiger partial charge on any atom is 0.254 e. The summed E-state index contributed by atoms with van der Waals surface area (Å²) < 4.78 is 0. The third-order valence-corrected chi connectivity index (χ3v) is 4.44. The monoisotopic (exact) mass is 366 g/mol. The lowest BCUT2D eigenvalue weighted by Gasteiger charge is -2.29. The Labute approximate surface area is 160 Å². The molecule has 0 saturated carbocycles. The van der Waals surface area contributed by atoms with Gasteiger partial charge in [-0.1, -0.05) is 54.6 Å². The molecule has 1 N–H and O–H groups in total. The van der Waals surface area contributed by atoms with E-state index in [1.165, 1.54) is 17.0 Å². The summed E-state index contributed by atoms with van der Waals surface area (Å²) >= 11 is 0. The van der Waals surface area contributed by atoms with Crippen LogP contribution in [0.15, 0.2) is 72.8 Å². The number of benzene rings is 3. The Morgan fingerprint density at radius 3 is 2.35 bits per heavy atom. The predicted octanol–water partition coefficient (Wildman–Crippen LogP) is 5.33. The van der Waals surface area contributed by atoms with Gasteiger partial charge in [0.05, 0.1) is 0 Å². The molecule has 4 heteroatoms. The van der Waals surface area contributed by atoms with Crippen molar-refractivity contribution < 1.29 is 4.79 Å². The van der Waals surface area contributed by atoms with Gasteiger partial charge < -0.3 is 10.3 Å². The van der Waals surface area contributed by atoms with E-state index in [9.17, 15) is 4.79 Å². The Morgan fingerprint density at radius 2 is 1.65 bits per heavy atom. The molecule has 0 unspecified atom stereocenters. The number of carbonyl (C=O) groups excluding carboxylic acids is 1. The van der Waals surface area contributed by atoms with Gasteiger partial charge in [-0.15, -0.1) is 12.4 Å². The van der Waals surface area contributed by atoms with Crippen LogP contribution in [-0.4, -0.2) is 23.1 Å². The fourth-order valence-corrected chi connectivity index (χ4v) is 3.01. The van der Waals surface area contributed by atoms with Crippen molar-refractivity contribution in [2.75, 3.05) is 0 Å². The molecule has 1 atom stereocenters. The molecule has 0 heterocycles. The first-order chi connectivity index (χ1) is 12.2. The zero-order valence-corrected chi connectivity index (χ0v) is 15.6. The highest BCUT2D eigenvalue weighted by molar-refractivity contribution is 5.94. The second-order valence-corrected chi connectivity index (χ2v) is 6.27. The molecule has 3 aromatic rings. The molecule has 3 nitrogen and oxygen atoms in total. The van der Waals surface area contributed by atoms with Crippen LogP contribution in [0.5, 0.6) is 0 Å². The second kappa shape index (κ2) is 9.16. The zero-order chi connectivity index (χ0) is 17.6. The summed E-state index contributed by atoms with van der Waals surface area (Å²) in [6.45, 7) is 2.53. The predicted molar refractivity (Wildman–Crippen MR) is 110 cm³/mol. The fraction of sp³-hybridized carbons (Fsp3) is 0.182. The van der Waals surface area contributed by atoms with Crippen molar-refractivity contribution in [2.24, 2.45) is 0 Å². The van der Waals surface area contributed by atoms with Crippen LogP contribution < -0.4 is 0 Å². The minimum atomic E-state index is -0.0309. The molecular formula is C22H23ClN2O. The van der Waals surface area contributed by atoms with Gasteiger partial charge in [-0.3, -0.25) is 4.79 Å². The van der Waals surface area contributed by atoms with Gasteiger partial charge in [-0.25, -0.2) is 0 Å².